The number of fused-ring (bicyclic) bond motifs is 1. The van der Waals surface area contributed by atoms with Crippen LogP contribution in [0.5, 0.6) is 0 Å². The summed E-state index contributed by atoms with van der Waals surface area (Å²) in [5.74, 6) is -1.07. The lowest BCUT2D eigenvalue weighted by Crippen LogP contribution is -2.35. The first-order chi connectivity index (χ1) is 13.6. The van der Waals surface area contributed by atoms with Gasteiger partial charge in [0.25, 0.3) is 0 Å². The highest BCUT2D eigenvalue weighted by molar-refractivity contribution is 7.89. The number of hydrogen-bond donors (Lipinski definition) is 1. The van der Waals surface area contributed by atoms with Crippen LogP contribution >= 0.6 is 0 Å². The van der Waals surface area contributed by atoms with Gasteiger partial charge in [0.05, 0.1) is 11.4 Å². The molecule has 2 aromatic carbocycles. The lowest BCUT2D eigenvalue weighted by atomic mass is 10.1. The number of carbonyl (C=O) groups is 2. The molecule has 0 fully saturated rings. The summed E-state index contributed by atoms with van der Waals surface area (Å²) in [5, 5.41) is 2.53. The molecule has 1 N–H and O–H groups in total. The van der Waals surface area contributed by atoms with Gasteiger partial charge in [-0.05, 0) is 61.4 Å². The Labute approximate surface area is 169 Å². The number of rotatable bonds is 5. The second-order valence-corrected chi connectivity index (χ2v) is 9.09. The Bertz CT molecular complexity index is 1050. The Kier molecular flexibility index (Phi) is 5.72. The zero-order valence-corrected chi connectivity index (χ0v) is 17.2. The molecule has 29 heavy (non-hydrogen) atoms. The highest BCUT2D eigenvalue weighted by Crippen LogP contribution is 2.34. The number of amides is 2. The van der Waals surface area contributed by atoms with Crippen LogP contribution in [0, 0.1) is 5.82 Å². The van der Waals surface area contributed by atoms with Crippen LogP contribution in [0.4, 0.5) is 15.8 Å². The SMILES string of the molecule is CC(=O)N1c2ccc(S(=O)(=O)N(C)CC(=O)Nc3ccc(F)cc3)cc2CC1C. The van der Waals surface area contributed by atoms with E-state index >= 15 is 0 Å². The lowest BCUT2D eigenvalue weighted by molar-refractivity contribution is -0.117. The van der Waals surface area contributed by atoms with E-state index < -0.39 is 28.3 Å². The van der Waals surface area contributed by atoms with E-state index in [0.29, 0.717) is 17.8 Å². The highest BCUT2D eigenvalue weighted by atomic mass is 32.2. The van der Waals surface area contributed by atoms with Gasteiger partial charge in [0, 0.05) is 31.4 Å². The van der Waals surface area contributed by atoms with Gasteiger partial charge in [0.1, 0.15) is 5.82 Å². The van der Waals surface area contributed by atoms with Crippen molar-refractivity contribution in [1.29, 1.82) is 0 Å². The third-order valence-corrected chi connectivity index (χ3v) is 6.61. The Morgan fingerprint density at radius 3 is 2.48 bits per heavy atom. The number of hydrogen-bond acceptors (Lipinski definition) is 4. The minimum atomic E-state index is -3.90. The van der Waals surface area contributed by atoms with Crippen molar-refractivity contribution < 1.29 is 22.4 Å². The summed E-state index contributed by atoms with van der Waals surface area (Å²) in [5.41, 5.74) is 1.86. The second kappa shape index (κ2) is 7.92. The van der Waals surface area contributed by atoms with E-state index in [1.165, 1.54) is 44.3 Å². The van der Waals surface area contributed by atoms with Gasteiger partial charge < -0.3 is 10.2 Å². The minimum absolute atomic E-state index is 0.0420. The Hall–Kier alpha value is -2.78. The third-order valence-electron chi connectivity index (χ3n) is 4.81. The quantitative estimate of drug-likeness (QED) is 0.806. The van der Waals surface area contributed by atoms with E-state index in [1.54, 1.807) is 17.0 Å². The molecule has 0 saturated carbocycles. The van der Waals surface area contributed by atoms with Crippen molar-refractivity contribution in [3.63, 3.8) is 0 Å². The minimum Gasteiger partial charge on any atom is -0.325 e. The van der Waals surface area contributed by atoms with Crippen LogP contribution in [0.15, 0.2) is 47.4 Å². The molecule has 1 aliphatic heterocycles. The summed E-state index contributed by atoms with van der Waals surface area (Å²) >= 11 is 0. The topological polar surface area (TPSA) is 86.8 Å². The first-order valence-corrected chi connectivity index (χ1v) is 10.5. The van der Waals surface area contributed by atoms with Crippen molar-refractivity contribution in [2.24, 2.45) is 0 Å². The fraction of sp³-hybridized carbons (Fsp3) is 0.300. The van der Waals surface area contributed by atoms with E-state index in [9.17, 15) is 22.4 Å². The van der Waals surface area contributed by atoms with Crippen molar-refractivity contribution in [1.82, 2.24) is 4.31 Å². The van der Waals surface area contributed by atoms with Crippen LogP contribution < -0.4 is 10.2 Å². The van der Waals surface area contributed by atoms with E-state index in [0.717, 1.165) is 9.87 Å². The molecular weight excluding hydrogens is 397 g/mol. The van der Waals surface area contributed by atoms with E-state index in [2.05, 4.69) is 5.32 Å². The number of nitrogens with one attached hydrogen (secondary N) is 1. The second-order valence-electron chi connectivity index (χ2n) is 7.05. The number of benzene rings is 2. The maximum absolute atomic E-state index is 12.9. The Morgan fingerprint density at radius 2 is 1.86 bits per heavy atom. The van der Waals surface area contributed by atoms with Crippen LogP contribution in [0.2, 0.25) is 0 Å². The number of likely N-dealkylation sites (N-methyl/N-ethyl adjacent to an activating group) is 1. The van der Waals surface area contributed by atoms with Crippen LogP contribution in [0.25, 0.3) is 0 Å². The molecule has 1 heterocycles. The number of anilines is 2. The van der Waals surface area contributed by atoms with Gasteiger partial charge in [-0.25, -0.2) is 12.8 Å². The molecule has 2 amide bonds. The first-order valence-electron chi connectivity index (χ1n) is 9.04. The van der Waals surface area contributed by atoms with Gasteiger partial charge in [-0.2, -0.15) is 4.31 Å². The molecule has 1 atom stereocenters. The zero-order chi connectivity index (χ0) is 21.3. The van der Waals surface area contributed by atoms with Crippen molar-refractivity contribution in [3.8, 4) is 0 Å². The third kappa shape index (κ3) is 4.30. The molecule has 154 valence electrons. The lowest BCUT2D eigenvalue weighted by Gasteiger charge is -2.21. The molecule has 3 rings (SSSR count). The summed E-state index contributed by atoms with van der Waals surface area (Å²) in [6.45, 7) is 2.98. The molecule has 1 aliphatic rings. The standard InChI is InChI=1S/C20H22FN3O4S/c1-13-10-15-11-18(8-9-19(15)24(13)14(2)25)29(27,28)23(3)12-20(26)22-17-6-4-16(21)5-7-17/h4-9,11,13H,10,12H2,1-3H3,(H,22,26). The Balaban J connectivity index is 1.75. The predicted octanol–water partition coefficient (Wildman–Crippen LogP) is 2.38. The molecule has 0 saturated heterocycles. The van der Waals surface area contributed by atoms with Crippen molar-refractivity contribution in [3.05, 3.63) is 53.8 Å². The zero-order valence-electron chi connectivity index (χ0n) is 16.3. The molecule has 0 aliphatic carbocycles. The van der Waals surface area contributed by atoms with Crippen LogP contribution in [-0.2, 0) is 26.0 Å². The normalized spacial score (nSPS) is 16.0. The molecule has 0 bridgehead atoms. The fourth-order valence-electron chi connectivity index (χ4n) is 3.45. The van der Waals surface area contributed by atoms with Gasteiger partial charge in [0.15, 0.2) is 0 Å². The van der Waals surface area contributed by atoms with Gasteiger partial charge in [-0.3, -0.25) is 9.59 Å². The summed E-state index contributed by atoms with van der Waals surface area (Å²) in [7, 11) is -2.58. The average Bonchev–Trinajstić information content (AvgIpc) is 2.98. The van der Waals surface area contributed by atoms with Crippen LogP contribution in [0.3, 0.4) is 0 Å². The average molecular weight is 419 g/mol. The summed E-state index contributed by atoms with van der Waals surface area (Å²) in [6, 6.07) is 9.76. The van der Waals surface area contributed by atoms with Gasteiger partial charge >= 0.3 is 0 Å². The number of sulfonamides is 1. The molecular formula is C20H22FN3O4S. The number of nitrogens with zero attached hydrogens (tertiary/aromatic N) is 2. The van der Waals surface area contributed by atoms with Crippen molar-refractivity contribution in [2.75, 3.05) is 23.8 Å². The Morgan fingerprint density at radius 1 is 1.21 bits per heavy atom. The first kappa shape index (κ1) is 20.9. The summed E-state index contributed by atoms with van der Waals surface area (Å²) < 4.78 is 39.7. The number of carbonyl (C=O) groups excluding carboxylic acids is 2. The smallest absolute Gasteiger partial charge is 0.243 e. The maximum atomic E-state index is 12.9. The largest absolute Gasteiger partial charge is 0.325 e. The molecule has 7 nitrogen and oxygen atoms in total. The van der Waals surface area contributed by atoms with Crippen molar-refractivity contribution in [2.45, 2.75) is 31.2 Å². The predicted molar refractivity (Wildman–Crippen MR) is 108 cm³/mol. The number of halogens is 1. The van der Waals surface area contributed by atoms with Crippen LogP contribution in [0.1, 0.15) is 19.4 Å². The van der Waals surface area contributed by atoms with Crippen LogP contribution in [-0.4, -0.2) is 44.2 Å². The molecule has 0 spiro atoms. The molecule has 2 aromatic rings. The maximum Gasteiger partial charge on any atom is 0.243 e. The van der Waals surface area contributed by atoms with E-state index in [-0.39, 0.29) is 16.8 Å². The van der Waals surface area contributed by atoms with E-state index in [1.807, 2.05) is 6.92 Å². The molecule has 1 unspecified atom stereocenters. The van der Waals surface area contributed by atoms with Gasteiger partial charge in [0.2, 0.25) is 21.8 Å². The summed E-state index contributed by atoms with van der Waals surface area (Å²) in [6.07, 6.45) is 0.563. The monoisotopic (exact) mass is 419 g/mol. The molecule has 9 heteroatoms. The molecule has 0 aromatic heterocycles. The molecule has 0 radical (unpaired) electrons. The van der Waals surface area contributed by atoms with Crippen molar-refractivity contribution >= 4 is 33.2 Å². The van der Waals surface area contributed by atoms with Gasteiger partial charge in [-0.15, -0.1) is 0 Å². The van der Waals surface area contributed by atoms with Gasteiger partial charge in [-0.1, -0.05) is 0 Å². The highest BCUT2D eigenvalue weighted by Gasteiger charge is 2.31. The fourth-order valence-corrected chi connectivity index (χ4v) is 4.63. The summed E-state index contributed by atoms with van der Waals surface area (Å²) in [4.78, 5) is 25.7. The van der Waals surface area contributed by atoms with E-state index in [4.69, 9.17) is 0 Å².